The van der Waals surface area contributed by atoms with Crippen LogP contribution in [0.25, 0.3) is 10.9 Å². The summed E-state index contributed by atoms with van der Waals surface area (Å²) < 4.78 is 5.51. The molecule has 4 nitrogen and oxygen atoms in total. The van der Waals surface area contributed by atoms with Crippen LogP contribution in [0.5, 0.6) is 0 Å². The number of ether oxygens (including phenoxy) is 1. The third-order valence-electron chi connectivity index (χ3n) is 4.31. The SMILES string of the molecule is CC(C)COCCC(=O)NCC(c1cccs1)c1c[nH]c2ccccc12. The highest BCUT2D eigenvalue weighted by Crippen LogP contribution is 2.32. The third-order valence-corrected chi connectivity index (χ3v) is 5.30. The highest BCUT2D eigenvalue weighted by Gasteiger charge is 2.19. The van der Waals surface area contributed by atoms with Crippen molar-refractivity contribution in [3.8, 4) is 0 Å². The molecule has 0 saturated carbocycles. The zero-order chi connectivity index (χ0) is 18.4. The average molecular weight is 371 g/mol. The van der Waals surface area contributed by atoms with Crippen LogP contribution in [-0.4, -0.2) is 30.6 Å². The molecule has 0 bridgehead atoms. The molecular weight excluding hydrogens is 344 g/mol. The molecule has 0 aliphatic carbocycles. The van der Waals surface area contributed by atoms with E-state index < -0.39 is 0 Å². The van der Waals surface area contributed by atoms with Crippen LogP contribution in [0.15, 0.2) is 48.0 Å². The maximum absolute atomic E-state index is 12.2. The normalized spacial score (nSPS) is 12.6. The number of carbonyl (C=O) groups is 1. The number of hydrogen-bond acceptors (Lipinski definition) is 3. The Morgan fingerprint density at radius 3 is 2.85 bits per heavy atom. The second-order valence-electron chi connectivity index (χ2n) is 6.88. The first-order valence-electron chi connectivity index (χ1n) is 9.09. The number of aromatic nitrogens is 1. The van der Waals surface area contributed by atoms with E-state index in [4.69, 9.17) is 4.74 Å². The second-order valence-corrected chi connectivity index (χ2v) is 7.86. The van der Waals surface area contributed by atoms with E-state index in [1.54, 1.807) is 11.3 Å². The van der Waals surface area contributed by atoms with Crippen LogP contribution in [0, 0.1) is 5.92 Å². The van der Waals surface area contributed by atoms with Gasteiger partial charge in [0.15, 0.2) is 0 Å². The number of hydrogen-bond donors (Lipinski definition) is 2. The molecule has 0 saturated heterocycles. The van der Waals surface area contributed by atoms with Crippen molar-refractivity contribution in [2.45, 2.75) is 26.2 Å². The van der Waals surface area contributed by atoms with E-state index in [-0.39, 0.29) is 11.8 Å². The zero-order valence-corrected chi connectivity index (χ0v) is 16.1. The molecule has 2 N–H and O–H groups in total. The standard InChI is InChI=1S/C21H26N2O2S/c1-15(2)14-25-10-9-21(24)23-13-18(20-8-5-11-26-20)17-12-22-19-7-4-3-6-16(17)19/h3-8,11-12,15,18,22H,9-10,13-14H2,1-2H3,(H,23,24). The number of thiophene rings is 1. The summed E-state index contributed by atoms with van der Waals surface area (Å²) in [6, 6.07) is 12.5. The largest absolute Gasteiger partial charge is 0.381 e. The zero-order valence-electron chi connectivity index (χ0n) is 15.3. The molecule has 138 valence electrons. The Kier molecular flexibility index (Phi) is 6.47. The lowest BCUT2D eigenvalue weighted by Gasteiger charge is -2.16. The van der Waals surface area contributed by atoms with E-state index in [0.29, 0.717) is 32.1 Å². The molecule has 2 aromatic heterocycles. The third kappa shape index (κ3) is 4.74. The Bertz CT molecular complexity index is 824. The van der Waals surface area contributed by atoms with Crippen LogP contribution in [0.3, 0.4) is 0 Å². The van der Waals surface area contributed by atoms with Gasteiger partial charge in [0.1, 0.15) is 0 Å². The van der Waals surface area contributed by atoms with Gasteiger partial charge in [-0.05, 0) is 29.0 Å². The average Bonchev–Trinajstić information content (AvgIpc) is 3.29. The summed E-state index contributed by atoms with van der Waals surface area (Å²) in [4.78, 5) is 16.8. The van der Waals surface area contributed by atoms with Crippen LogP contribution in [-0.2, 0) is 9.53 Å². The number of carbonyl (C=O) groups excluding carboxylic acids is 1. The first-order valence-corrected chi connectivity index (χ1v) is 9.97. The number of nitrogens with one attached hydrogen (secondary N) is 2. The molecule has 26 heavy (non-hydrogen) atoms. The molecule has 0 aliphatic rings. The van der Waals surface area contributed by atoms with Crippen molar-refractivity contribution in [1.29, 1.82) is 0 Å². The monoisotopic (exact) mass is 370 g/mol. The quantitative estimate of drug-likeness (QED) is 0.543. The topological polar surface area (TPSA) is 54.1 Å². The van der Waals surface area contributed by atoms with Crippen LogP contribution in [0.2, 0.25) is 0 Å². The maximum atomic E-state index is 12.2. The van der Waals surface area contributed by atoms with Gasteiger partial charge < -0.3 is 15.0 Å². The lowest BCUT2D eigenvalue weighted by Crippen LogP contribution is -2.29. The Hall–Kier alpha value is -2.11. The van der Waals surface area contributed by atoms with Crippen molar-refractivity contribution in [2.75, 3.05) is 19.8 Å². The van der Waals surface area contributed by atoms with E-state index in [1.165, 1.54) is 15.8 Å². The minimum Gasteiger partial charge on any atom is -0.381 e. The summed E-state index contributed by atoms with van der Waals surface area (Å²) >= 11 is 1.72. The van der Waals surface area contributed by atoms with E-state index in [1.807, 2.05) is 6.07 Å². The molecule has 3 rings (SSSR count). The first-order chi connectivity index (χ1) is 12.6. The molecule has 1 unspecified atom stereocenters. The summed E-state index contributed by atoms with van der Waals surface area (Å²) in [6.07, 6.45) is 2.46. The minimum absolute atomic E-state index is 0.0372. The Balaban J connectivity index is 1.66. The lowest BCUT2D eigenvalue weighted by molar-refractivity contribution is -0.122. The molecule has 1 atom stereocenters. The van der Waals surface area contributed by atoms with Crippen LogP contribution < -0.4 is 5.32 Å². The predicted molar refractivity (Wildman–Crippen MR) is 108 cm³/mol. The van der Waals surface area contributed by atoms with Crippen LogP contribution in [0.1, 0.15) is 36.6 Å². The van der Waals surface area contributed by atoms with Crippen molar-refractivity contribution < 1.29 is 9.53 Å². The van der Waals surface area contributed by atoms with Gasteiger partial charge in [-0.2, -0.15) is 0 Å². The van der Waals surface area contributed by atoms with Gasteiger partial charge in [0.25, 0.3) is 0 Å². The number of amides is 1. The fourth-order valence-corrected chi connectivity index (χ4v) is 3.87. The van der Waals surface area contributed by atoms with Gasteiger partial charge in [-0.15, -0.1) is 11.3 Å². The van der Waals surface area contributed by atoms with Gasteiger partial charge in [0.05, 0.1) is 6.61 Å². The number of rotatable bonds is 9. The molecule has 5 heteroatoms. The second kappa shape index (κ2) is 9.01. The van der Waals surface area contributed by atoms with Gasteiger partial charge in [0.2, 0.25) is 5.91 Å². The Morgan fingerprint density at radius 1 is 1.23 bits per heavy atom. The summed E-state index contributed by atoms with van der Waals surface area (Å²) in [5.74, 6) is 0.671. The van der Waals surface area contributed by atoms with Crippen molar-refractivity contribution in [2.24, 2.45) is 5.92 Å². The predicted octanol–water partition coefficient (Wildman–Crippen LogP) is 4.54. The molecule has 0 fully saturated rings. The summed E-state index contributed by atoms with van der Waals surface area (Å²) in [5.41, 5.74) is 2.34. The molecule has 2 heterocycles. The highest BCUT2D eigenvalue weighted by molar-refractivity contribution is 7.10. The lowest BCUT2D eigenvalue weighted by atomic mass is 9.96. The first kappa shape index (κ1) is 18.7. The van der Waals surface area contributed by atoms with Gasteiger partial charge in [-0.1, -0.05) is 38.1 Å². The molecular formula is C21H26N2O2S. The number of benzene rings is 1. The van der Waals surface area contributed by atoms with Crippen molar-refractivity contribution in [3.63, 3.8) is 0 Å². The maximum Gasteiger partial charge on any atom is 0.222 e. The fourth-order valence-electron chi connectivity index (χ4n) is 3.02. The minimum atomic E-state index is 0.0372. The van der Waals surface area contributed by atoms with Gasteiger partial charge in [0, 0.05) is 47.5 Å². The van der Waals surface area contributed by atoms with Gasteiger partial charge in [-0.3, -0.25) is 4.79 Å². The number of para-hydroxylation sites is 1. The van der Waals surface area contributed by atoms with Gasteiger partial charge in [-0.25, -0.2) is 0 Å². The summed E-state index contributed by atoms with van der Waals surface area (Å²) in [5, 5.41) is 6.38. The van der Waals surface area contributed by atoms with Crippen LogP contribution >= 0.6 is 11.3 Å². The van der Waals surface area contributed by atoms with E-state index in [0.717, 1.165) is 5.52 Å². The highest BCUT2D eigenvalue weighted by atomic mass is 32.1. The number of aromatic amines is 1. The summed E-state index contributed by atoms with van der Waals surface area (Å²) in [6.45, 7) is 5.96. The molecule has 0 spiro atoms. The van der Waals surface area contributed by atoms with Crippen molar-refractivity contribution >= 4 is 28.1 Å². The molecule has 0 radical (unpaired) electrons. The van der Waals surface area contributed by atoms with Crippen molar-refractivity contribution in [3.05, 3.63) is 58.4 Å². The number of H-pyrrole nitrogens is 1. The van der Waals surface area contributed by atoms with Crippen molar-refractivity contribution in [1.82, 2.24) is 10.3 Å². The fraction of sp³-hybridized carbons (Fsp3) is 0.381. The molecule has 3 aromatic rings. The van der Waals surface area contributed by atoms with Gasteiger partial charge >= 0.3 is 0 Å². The Labute approximate surface area is 158 Å². The smallest absolute Gasteiger partial charge is 0.222 e. The van der Waals surface area contributed by atoms with E-state index >= 15 is 0 Å². The van der Waals surface area contributed by atoms with E-state index in [2.05, 4.69) is 66.1 Å². The summed E-state index contributed by atoms with van der Waals surface area (Å²) in [7, 11) is 0. The van der Waals surface area contributed by atoms with E-state index in [9.17, 15) is 4.79 Å². The van der Waals surface area contributed by atoms with Crippen LogP contribution in [0.4, 0.5) is 0 Å². The molecule has 1 amide bonds. The Morgan fingerprint density at radius 2 is 2.08 bits per heavy atom. The molecule has 1 aromatic carbocycles. The number of fused-ring (bicyclic) bond motifs is 1. The molecule has 0 aliphatic heterocycles.